The van der Waals surface area contributed by atoms with Crippen LogP contribution >= 0.6 is 11.8 Å². The highest BCUT2D eigenvalue weighted by Crippen LogP contribution is 2.29. The summed E-state index contributed by atoms with van der Waals surface area (Å²) < 4.78 is 20.0. The van der Waals surface area contributed by atoms with Crippen molar-refractivity contribution in [3.63, 3.8) is 0 Å². The van der Waals surface area contributed by atoms with Gasteiger partial charge in [-0.05, 0) is 38.1 Å². The Morgan fingerprint density at radius 2 is 1.78 bits per heavy atom. The molecule has 3 heterocycles. The van der Waals surface area contributed by atoms with Crippen LogP contribution in [-0.4, -0.2) is 80.3 Å². The fourth-order valence-electron chi connectivity index (χ4n) is 3.49. The monoisotopic (exact) mass is 458 g/mol. The van der Waals surface area contributed by atoms with Crippen molar-refractivity contribution in [1.29, 1.82) is 0 Å². The molecule has 2 amide bonds. The van der Waals surface area contributed by atoms with Gasteiger partial charge in [0.2, 0.25) is 5.91 Å². The average molecular weight is 459 g/mol. The van der Waals surface area contributed by atoms with Crippen molar-refractivity contribution in [3.05, 3.63) is 42.0 Å². The summed E-state index contributed by atoms with van der Waals surface area (Å²) in [6.07, 6.45) is 1.35. The number of hydrogen-bond donors (Lipinski definition) is 0. The van der Waals surface area contributed by atoms with Gasteiger partial charge in [0.1, 0.15) is 16.4 Å². The van der Waals surface area contributed by atoms with Gasteiger partial charge in [-0.3, -0.25) is 4.79 Å². The first kappa shape index (κ1) is 22.0. The van der Waals surface area contributed by atoms with Crippen LogP contribution in [0.15, 0.2) is 35.5 Å². The van der Waals surface area contributed by atoms with E-state index >= 15 is 0 Å². The number of nitrogens with zero attached hydrogens (tertiary/aromatic N) is 6. The van der Waals surface area contributed by atoms with E-state index in [-0.39, 0.29) is 23.6 Å². The van der Waals surface area contributed by atoms with Crippen LogP contribution in [0.4, 0.5) is 9.18 Å². The molecule has 0 radical (unpaired) electrons. The molecule has 32 heavy (non-hydrogen) atoms. The van der Waals surface area contributed by atoms with Gasteiger partial charge in [0, 0.05) is 31.6 Å². The quantitative estimate of drug-likeness (QED) is 0.543. The number of rotatable bonds is 5. The number of ether oxygens (including phenoxy) is 1. The Bertz CT molecular complexity index is 1130. The lowest BCUT2D eigenvalue weighted by Crippen LogP contribution is -2.51. The molecule has 1 aliphatic heterocycles. The maximum absolute atomic E-state index is 13.4. The number of fused-ring (bicyclic) bond motifs is 1. The molecule has 0 saturated carbocycles. The molecule has 11 heteroatoms. The van der Waals surface area contributed by atoms with E-state index in [1.165, 1.54) is 23.9 Å². The predicted octanol–water partition coefficient (Wildman–Crippen LogP) is 2.66. The highest BCUT2D eigenvalue weighted by atomic mass is 32.2. The lowest BCUT2D eigenvalue weighted by molar-refractivity contribution is -0.129. The number of piperazine rings is 1. The summed E-state index contributed by atoms with van der Waals surface area (Å²) in [5.74, 6) is -0.188. The number of carbonyl (C=O) groups excluding carboxylic acids is 2. The standard InChI is InChI=1S/C21H23FN6O3S/c1-3-31-21(30)27-10-8-26(9-11-27)18(29)13-32-20-19-17(14(2)24-25-20)12-23-28(19)16-6-4-15(22)5-7-16/h4-7,12H,3,8-11,13H2,1-2H3. The van der Waals surface area contributed by atoms with Gasteiger partial charge >= 0.3 is 6.09 Å². The van der Waals surface area contributed by atoms with Crippen molar-refractivity contribution >= 4 is 34.7 Å². The van der Waals surface area contributed by atoms with Crippen molar-refractivity contribution in [2.24, 2.45) is 0 Å². The molecule has 0 atom stereocenters. The summed E-state index contributed by atoms with van der Waals surface area (Å²) in [6.45, 7) is 5.75. The lowest BCUT2D eigenvalue weighted by atomic mass is 10.2. The molecule has 3 aromatic rings. The molecule has 0 aliphatic carbocycles. The fourth-order valence-corrected chi connectivity index (χ4v) is 4.36. The Morgan fingerprint density at radius 1 is 1.09 bits per heavy atom. The zero-order chi connectivity index (χ0) is 22.7. The lowest BCUT2D eigenvalue weighted by Gasteiger charge is -2.34. The van der Waals surface area contributed by atoms with Gasteiger partial charge in [-0.25, -0.2) is 13.9 Å². The van der Waals surface area contributed by atoms with Crippen LogP contribution < -0.4 is 0 Å². The van der Waals surface area contributed by atoms with Crippen LogP contribution in [0.2, 0.25) is 0 Å². The summed E-state index contributed by atoms with van der Waals surface area (Å²) >= 11 is 1.29. The molecule has 0 bridgehead atoms. The normalized spacial score (nSPS) is 14.1. The maximum Gasteiger partial charge on any atom is 0.409 e. The van der Waals surface area contributed by atoms with Gasteiger partial charge in [0.15, 0.2) is 0 Å². The third kappa shape index (κ3) is 4.52. The van der Waals surface area contributed by atoms with Crippen LogP contribution in [0.25, 0.3) is 16.6 Å². The average Bonchev–Trinajstić information content (AvgIpc) is 3.25. The van der Waals surface area contributed by atoms with E-state index in [2.05, 4.69) is 15.3 Å². The maximum atomic E-state index is 13.4. The largest absolute Gasteiger partial charge is 0.450 e. The van der Waals surface area contributed by atoms with Crippen LogP contribution in [-0.2, 0) is 9.53 Å². The third-order valence-electron chi connectivity index (χ3n) is 5.21. The fraction of sp³-hybridized carbons (Fsp3) is 0.381. The summed E-state index contributed by atoms with van der Waals surface area (Å²) in [6, 6.07) is 6.02. The van der Waals surface area contributed by atoms with Crippen molar-refractivity contribution < 1.29 is 18.7 Å². The molecular weight excluding hydrogens is 435 g/mol. The van der Waals surface area contributed by atoms with Gasteiger partial charge in [0.25, 0.3) is 0 Å². The first-order valence-electron chi connectivity index (χ1n) is 10.3. The van der Waals surface area contributed by atoms with E-state index < -0.39 is 0 Å². The zero-order valence-electron chi connectivity index (χ0n) is 17.8. The molecule has 1 aromatic carbocycles. The Balaban J connectivity index is 1.47. The van der Waals surface area contributed by atoms with Gasteiger partial charge in [-0.15, -0.1) is 5.10 Å². The van der Waals surface area contributed by atoms with Gasteiger partial charge in [-0.1, -0.05) is 11.8 Å². The van der Waals surface area contributed by atoms with Crippen LogP contribution in [0.3, 0.4) is 0 Å². The number of benzene rings is 1. The van der Waals surface area contributed by atoms with E-state index in [4.69, 9.17) is 4.74 Å². The summed E-state index contributed by atoms with van der Waals surface area (Å²) in [7, 11) is 0. The SMILES string of the molecule is CCOC(=O)N1CCN(C(=O)CSc2nnc(C)c3cnn(-c4ccc(F)cc4)c23)CC1. The van der Waals surface area contributed by atoms with Crippen molar-refractivity contribution in [2.45, 2.75) is 18.9 Å². The number of carbonyl (C=O) groups is 2. The minimum Gasteiger partial charge on any atom is -0.450 e. The van der Waals surface area contributed by atoms with E-state index in [0.29, 0.717) is 43.5 Å². The van der Waals surface area contributed by atoms with Crippen molar-refractivity contribution in [2.75, 3.05) is 38.5 Å². The first-order chi connectivity index (χ1) is 15.5. The molecule has 9 nitrogen and oxygen atoms in total. The molecule has 4 rings (SSSR count). The molecule has 0 unspecified atom stereocenters. The third-order valence-corrected chi connectivity index (χ3v) is 6.15. The number of aromatic nitrogens is 4. The second-order valence-corrected chi connectivity index (χ2v) is 8.21. The number of thioether (sulfide) groups is 1. The van der Waals surface area contributed by atoms with E-state index in [1.807, 2.05) is 6.92 Å². The van der Waals surface area contributed by atoms with E-state index in [1.54, 1.807) is 39.7 Å². The van der Waals surface area contributed by atoms with E-state index in [0.717, 1.165) is 16.6 Å². The summed E-state index contributed by atoms with van der Waals surface area (Å²) in [5, 5.41) is 14.3. The van der Waals surface area contributed by atoms with Crippen LogP contribution in [0.1, 0.15) is 12.6 Å². The Morgan fingerprint density at radius 3 is 2.47 bits per heavy atom. The number of hydrogen-bond acceptors (Lipinski definition) is 7. The second-order valence-electron chi connectivity index (χ2n) is 7.24. The predicted molar refractivity (Wildman–Crippen MR) is 117 cm³/mol. The molecular formula is C21H23FN6O3S. The Kier molecular flexibility index (Phi) is 6.54. The highest BCUT2D eigenvalue weighted by molar-refractivity contribution is 8.00. The minimum absolute atomic E-state index is 0.0399. The number of aryl methyl sites for hydroxylation is 1. The molecule has 1 saturated heterocycles. The van der Waals surface area contributed by atoms with Crippen molar-refractivity contribution in [3.8, 4) is 5.69 Å². The van der Waals surface area contributed by atoms with Gasteiger partial charge in [0.05, 0.1) is 29.9 Å². The van der Waals surface area contributed by atoms with Gasteiger partial charge < -0.3 is 14.5 Å². The number of halogens is 1. The Labute approximate surface area is 188 Å². The second kappa shape index (κ2) is 9.51. The molecule has 168 valence electrons. The topological polar surface area (TPSA) is 93.4 Å². The minimum atomic E-state index is -0.347. The van der Waals surface area contributed by atoms with Crippen LogP contribution in [0.5, 0.6) is 0 Å². The summed E-state index contributed by atoms with van der Waals surface area (Å²) in [5.41, 5.74) is 2.14. The van der Waals surface area contributed by atoms with Crippen LogP contribution in [0, 0.1) is 12.7 Å². The van der Waals surface area contributed by atoms with Gasteiger partial charge in [-0.2, -0.15) is 10.2 Å². The molecule has 2 aromatic heterocycles. The van der Waals surface area contributed by atoms with Crippen molar-refractivity contribution in [1.82, 2.24) is 29.8 Å². The smallest absolute Gasteiger partial charge is 0.409 e. The molecule has 1 fully saturated rings. The molecule has 0 spiro atoms. The first-order valence-corrected chi connectivity index (χ1v) is 11.3. The Hall–Kier alpha value is -3.21. The van der Waals surface area contributed by atoms with E-state index in [9.17, 15) is 14.0 Å². The molecule has 0 N–H and O–H groups in total. The summed E-state index contributed by atoms with van der Waals surface area (Å²) in [4.78, 5) is 27.9. The molecule has 1 aliphatic rings. The number of amides is 2. The highest BCUT2D eigenvalue weighted by Gasteiger charge is 2.25. The zero-order valence-corrected chi connectivity index (χ0v) is 18.6.